The highest BCUT2D eigenvalue weighted by Crippen LogP contribution is 2.23. The van der Waals surface area contributed by atoms with Crippen LogP contribution in [0.15, 0.2) is 47.5 Å². The molecule has 2 aromatic heterocycles. The lowest BCUT2D eigenvalue weighted by Crippen LogP contribution is -2.22. The molecule has 0 aliphatic heterocycles. The summed E-state index contributed by atoms with van der Waals surface area (Å²) in [5.74, 6) is 0.0544. The Bertz CT molecular complexity index is 969. The number of methoxy groups -OCH3 is 1. The van der Waals surface area contributed by atoms with E-state index >= 15 is 0 Å². The van der Waals surface area contributed by atoms with Gasteiger partial charge in [-0.25, -0.2) is 0 Å². The maximum absolute atomic E-state index is 12.4. The smallest absolute Gasteiger partial charge is 0.244 e. The largest absolute Gasteiger partial charge is 0.491 e. The number of fused-ring (bicyclic) bond motifs is 1. The Labute approximate surface area is 139 Å². The Morgan fingerprint density at radius 1 is 1.29 bits per heavy atom. The number of amides is 1. The van der Waals surface area contributed by atoms with E-state index in [4.69, 9.17) is 4.74 Å². The van der Waals surface area contributed by atoms with Crippen molar-refractivity contribution in [3.8, 4) is 5.75 Å². The first kappa shape index (κ1) is 15.9. The van der Waals surface area contributed by atoms with Gasteiger partial charge in [0.15, 0.2) is 5.75 Å². The van der Waals surface area contributed by atoms with Gasteiger partial charge in [-0.2, -0.15) is 0 Å². The fraction of sp³-hybridized carbons (Fsp3) is 0.222. The van der Waals surface area contributed by atoms with Crippen molar-refractivity contribution in [1.29, 1.82) is 0 Å². The Hall–Kier alpha value is -3.02. The number of aryl methyl sites for hydroxylation is 2. The van der Waals surface area contributed by atoms with Gasteiger partial charge < -0.3 is 19.2 Å². The van der Waals surface area contributed by atoms with Crippen molar-refractivity contribution in [1.82, 2.24) is 9.13 Å². The number of pyridine rings is 1. The summed E-state index contributed by atoms with van der Waals surface area (Å²) in [4.78, 5) is 24.1. The van der Waals surface area contributed by atoms with Crippen LogP contribution < -0.4 is 15.5 Å². The first-order valence-corrected chi connectivity index (χ1v) is 7.58. The average Bonchev–Trinajstić information content (AvgIpc) is 2.93. The van der Waals surface area contributed by atoms with E-state index in [2.05, 4.69) is 5.32 Å². The summed E-state index contributed by atoms with van der Waals surface area (Å²) in [6, 6.07) is 9.22. The number of nitrogens with one attached hydrogen (secondary N) is 1. The molecular weight excluding hydrogens is 306 g/mol. The lowest BCUT2D eigenvalue weighted by molar-refractivity contribution is -0.116. The zero-order valence-corrected chi connectivity index (χ0v) is 13.9. The molecular formula is C18H19N3O3. The molecule has 0 fully saturated rings. The second-order valence-electron chi connectivity index (χ2n) is 5.69. The molecule has 3 aromatic rings. The van der Waals surface area contributed by atoms with Crippen molar-refractivity contribution in [2.45, 2.75) is 13.5 Å². The summed E-state index contributed by atoms with van der Waals surface area (Å²) >= 11 is 0. The molecule has 0 radical (unpaired) electrons. The first-order valence-electron chi connectivity index (χ1n) is 7.58. The topological polar surface area (TPSA) is 65.3 Å². The van der Waals surface area contributed by atoms with Crippen molar-refractivity contribution < 1.29 is 9.53 Å². The summed E-state index contributed by atoms with van der Waals surface area (Å²) in [5.41, 5.74) is 2.33. The van der Waals surface area contributed by atoms with Crippen LogP contribution in [-0.2, 0) is 18.4 Å². The minimum atomic E-state index is -0.194. The fourth-order valence-corrected chi connectivity index (χ4v) is 2.73. The van der Waals surface area contributed by atoms with Gasteiger partial charge in [-0.15, -0.1) is 0 Å². The van der Waals surface area contributed by atoms with Gasteiger partial charge in [-0.3, -0.25) is 9.59 Å². The molecule has 0 saturated heterocycles. The van der Waals surface area contributed by atoms with E-state index in [1.54, 1.807) is 17.7 Å². The van der Waals surface area contributed by atoms with Gasteiger partial charge in [0.05, 0.1) is 19.0 Å². The molecule has 0 aliphatic rings. The van der Waals surface area contributed by atoms with Gasteiger partial charge in [-0.05, 0) is 25.1 Å². The standard InChI is InChI=1S/C18H19N3O3/c1-12-9-16(22)17(24-3)10-21(12)11-18(23)19-14-5-4-6-15-13(14)7-8-20(15)2/h4-10H,11H2,1-3H3,(H,19,23). The van der Waals surface area contributed by atoms with Crippen LogP contribution >= 0.6 is 0 Å². The minimum absolute atomic E-state index is 0.103. The molecule has 0 bridgehead atoms. The molecule has 24 heavy (non-hydrogen) atoms. The molecule has 0 saturated carbocycles. The van der Waals surface area contributed by atoms with Crippen molar-refractivity contribution in [2.75, 3.05) is 12.4 Å². The van der Waals surface area contributed by atoms with Crippen molar-refractivity contribution >= 4 is 22.5 Å². The monoisotopic (exact) mass is 325 g/mol. The molecule has 124 valence electrons. The summed E-state index contributed by atoms with van der Waals surface area (Å²) in [6.45, 7) is 1.89. The normalized spacial score (nSPS) is 10.8. The van der Waals surface area contributed by atoms with Crippen LogP contribution in [0.3, 0.4) is 0 Å². The Morgan fingerprint density at radius 3 is 2.83 bits per heavy atom. The highest BCUT2D eigenvalue weighted by Gasteiger charge is 2.10. The van der Waals surface area contributed by atoms with Gasteiger partial charge in [0.2, 0.25) is 11.3 Å². The number of hydrogen-bond acceptors (Lipinski definition) is 3. The van der Waals surface area contributed by atoms with E-state index in [-0.39, 0.29) is 23.6 Å². The maximum atomic E-state index is 12.4. The Morgan fingerprint density at radius 2 is 2.08 bits per heavy atom. The molecule has 0 aliphatic carbocycles. The Balaban J connectivity index is 1.84. The zero-order valence-electron chi connectivity index (χ0n) is 13.9. The zero-order chi connectivity index (χ0) is 17.3. The molecule has 2 heterocycles. The van der Waals surface area contributed by atoms with Crippen LogP contribution in [0.2, 0.25) is 0 Å². The van der Waals surface area contributed by atoms with Gasteiger partial charge in [0.25, 0.3) is 0 Å². The second kappa shape index (κ2) is 6.23. The molecule has 0 unspecified atom stereocenters. The quantitative estimate of drug-likeness (QED) is 0.800. The predicted molar refractivity (Wildman–Crippen MR) is 93.5 cm³/mol. The van der Waals surface area contributed by atoms with Gasteiger partial charge in [-0.1, -0.05) is 6.07 Å². The minimum Gasteiger partial charge on any atom is -0.491 e. The number of benzene rings is 1. The highest BCUT2D eigenvalue weighted by atomic mass is 16.5. The number of carbonyl (C=O) groups is 1. The predicted octanol–water partition coefficient (Wildman–Crippen LogP) is 2.30. The number of anilines is 1. The number of hydrogen-bond donors (Lipinski definition) is 1. The SMILES string of the molecule is COc1cn(CC(=O)Nc2cccc3c2ccn3C)c(C)cc1=O. The maximum Gasteiger partial charge on any atom is 0.244 e. The fourth-order valence-electron chi connectivity index (χ4n) is 2.73. The molecule has 0 spiro atoms. The third-order valence-corrected chi connectivity index (χ3v) is 4.04. The van der Waals surface area contributed by atoms with Gasteiger partial charge >= 0.3 is 0 Å². The van der Waals surface area contributed by atoms with Crippen molar-refractivity contribution in [2.24, 2.45) is 7.05 Å². The van der Waals surface area contributed by atoms with Crippen LogP contribution in [0.25, 0.3) is 10.9 Å². The summed E-state index contributed by atoms with van der Waals surface area (Å²) in [6.07, 6.45) is 3.51. The van der Waals surface area contributed by atoms with Gasteiger partial charge in [0.1, 0.15) is 6.54 Å². The van der Waals surface area contributed by atoms with E-state index < -0.39 is 0 Å². The number of carbonyl (C=O) groups excluding carboxylic acids is 1. The van der Waals surface area contributed by atoms with Crippen molar-refractivity contribution in [3.63, 3.8) is 0 Å². The number of aromatic nitrogens is 2. The lowest BCUT2D eigenvalue weighted by atomic mass is 10.2. The molecule has 1 N–H and O–H groups in total. The highest BCUT2D eigenvalue weighted by molar-refractivity contribution is 6.01. The first-order chi connectivity index (χ1) is 11.5. The Kier molecular flexibility index (Phi) is 4.12. The molecule has 6 heteroatoms. The van der Waals surface area contributed by atoms with E-state index in [1.807, 2.05) is 42.1 Å². The second-order valence-corrected chi connectivity index (χ2v) is 5.69. The number of ether oxygens (including phenoxy) is 1. The van der Waals surface area contributed by atoms with E-state index in [1.165, 1.54) is 13.2 Å². The van der Waals surface area contributed by atoms with E-state index in [0.717, 1.165) is 16.6 Å². The molecule has 3 rings (SSSR count). The molecule has 1 amide bonds. The molecule has 0 atom stereocenters. The van der Waals surface area contributed by atoms with Crippen LogP contribution in [0.1, 0.15) is 5.69 Å². The lowest BCUT2D eigenvalue weighted by Gasteiger charge is -2.13. The van der Waals surface area contributed by atoms with Gasteiger partial charge in [0, 0.05) is 35.9 Å². The summed E-state index contributed by atoms with van der Waals surface area (Å²) < 4.78 is 8.73. The summed E-state index contributed by atoms with van der Waals surface area (Å²) in [7, 11) is 3.40. The average molecular weight is 325 g/mol. The van der Waals surface area contributed by atoms with Crippen LogP contribution in [-0.4, -0.2) is 22.2 Å². The van der Waals surface area contributed by atoms with Crippen molar-refractivity contribution in [3.05, 3.63) is 58.6 Å². The third-order valence-electron chi connectivity index (χ3n) is 4.04. The molecule has 1 aromatic carbocycles. The number of rotatable bonds is 4. The van der Waals surface area contributed by atoms with E-state index in [0.29, 0.717) is 5.69 Å². The third kappa shape index (κ3) is 2.90. The van der Waals surface area contributed by atoms with Crippen LogP contribution in [0.5, 0.6) is 5.75 Å². The van der Waals surface area contributed by atoms with E-state index in [9.17, 15) is 9.59 Å². The summed E-state index contributed by atoms with van der Waals surface area (Å²) in [5, 5.41) is 3.92. The van der Waals surface area contributed by atoms with Crippen LogP contribution in [0, 0.1) is 6.92 Å². The van der Waals surface area contributed by atoms with Crippen LogP contribution in [0.4, 0.5) is 5.69 Å². The molecule has 6 nitrogen and oxygen atoms in total. The number of nitrogens with zero attached hydrogens (tertiary/aromatic N) is 2.